The zero-order valence-corrected chi connectivity index (χ0v) is 10.0. The van der Waals surface area contributed by atoms with Crippen LogP contribution in [0.2, 0.25) is 0 Å². The van der Waals surface area contributed by atoms with Crippen LogP contribution in [0.25, 0.3) is 0 Å². The van der Waals surface area contributed by atoms with Gasteiger partial charge in [-0.2, -0.15) is 0 Å². The van der Waals surface area contributed by atoms with Crippen LogP contribution in [-0.4, -0.2) is 19.1 Å². The first kappa shape index (κ1) is 12.7. The molecule has 0 aromatic rings. The van der Waals surface area contributed by atoms with Crippen molar-refractivity contribution >= 4 is 0 Å². The van der Waals surface area contributed by atoms with Gasteiger partial charge in [0.1, 0.15) is 0 Å². The Morgan fingerprint density at radius 2 is 2.07 bits per heavy atom. The second-order valence-electron chi connectivity index (χ2n) is 4.55. The van der Waals surface area contributed by atoms with Crippen molar-refractivity contribution in [1.29, 1.82) is 0 Å². The second kappa shape index (κ2) is 7.89. The summed E-state index contributed by atoms with van der Waals surface area (Å²) < 4.78 is 0. The Morgan fingerprint density at radius 3 is 2.67 bits per heavy atom. The standard InChI is InChI=1S/C13H26N2/c1-2-3-7-10-15-13(11-14)12-8-5-4-6-9-12/h2-3,12-13,15H,4-11,14H2,1H3/b3-2+. The van der Waals surface area contributed by atoms with Crippen LogP contribution in [0.15, 0.2) is 12.2 Å². The summed E-state index contributed by atoms with van der Waals surface area (Å²) >= 11 is 0. The Balaban J connectivity index is 2.21. The van der Waals surface area contributed by atoms with E-state index < -0.39 is 0 Å². The Bertz CT molecular complexity index is 171. The van der Waals surface area contributed by atoms with Crippen molar-refractivity contribution in [3.63, 3.8) is 0 Å². The van der Waals surface area contributed by atoms with E-state index in [0.717, 1.165) is 25.4 Å². The second-order valence-corrected chi connectivity index (χ2v) is 4.55. The molecule has 3 N–H and O–H groups in total. The fraction of sp³-hybridized carbons (Fsp3) is 0.846. The molecule has 0 saturated heterocycles. The van der Waals surface area contributed by atoms with Crippen LogP contribution in [0.1, 0.15) is 45.4 Å². The lowest BCUT2D eigenvalue weighted by molar-refractivity contribution is 0.273. The van der Waals surface area contributed by atoms with Crippen molar-refractivity contribution in [2.45, 2.75) is 51.5 Å². The van der Waals surface area contributed by atoms with Crippen molar-refractivity contribution in [3.8, 4) is 0 Å². The number of hydrogen-bond acceptors (Lipinski definition) is 2. The maximum atomic E-state index is 5.84. The van der Waals surface area contributed by atoms with Gasteiger partial charge >= 0.3 is 0 Å². The molecule has 0 aromatic heterocycles. The third-order valence-corrected chi connectivity index (χ3v) is 3.43. The van der Waals surface area contributed by atoms with E-state index in [0.29, 0.717) is 6.04 Å². The molecular formula is C13H26N2. The molecule has 0 aromatic carbocycles. The van der Waals surface area contributed by atoms with E-state index in [2.05, 4.69) is 24.4 Å². The summed E-state index contributed by atoms with van der Waals surface area (Å²) in [5.74, 6) is 0.828. The molecule has 0 bridgehead atoms. The van der Waals surface area contributed by atoms with Crippen LogP contribution in [0, 0.1) is 5.92 Å². The normalized spacial score (nSPS) is 20.9. The summed E-state index contributed by atoms with van der Waals surface area (Å²) in [4.78, 5) is 0. The highest BCUT2D eigenvalue weighted by molar-refractivity contribution is 4.82. The van der Waals surface area contributed by atoms with Gasteiger partial charge in [0, 0.05) is 12.6 Å². The van der Waals surface area contributed by atoms with Crippen LogP contribution < -0.4 is 11.1 Å². The topological polar surface area (TPSA) is 38.0 Å². The van der Waals surface area contributed by atoms with Crippen LogP contribution >= 0.6 is 0 Å². The molecule has 2 nitrogen and oxygen atoms in total. The fourth-order valence-electron chi connectivity index (χ4n) is 2.50. The molecule has 1 fully saturated rings. The molecule has 0 spiro atoms. The summed E-state index contributed by atoms with van der Waals surface area (Å²) in [5.41, 5.74) is 5.84. The molecule has 0 amide bonds. The van der Waals surface area contributed by atoms with Gasteiger partial charge in [-0.15, -0.1) is 0 Å². The van der Waals surface area contributed by atoms with Crippen molar-refractivity contribution < 1.29 is 0 Å². The summed E-state index contributed by atoms with van der Waals surface area (Å²) in [7, 11) is 0. The Labute approximate surface area is 94.3 Å². The predicted molar refractivity (Wildman–Crippen MR) is 66.9 cm³/mol. The highest BCUT2D eigenvalue weighted by Crippen LogP contribution is 2.26. The van der Waals surface area contributed by atoms with E-state index in [4.69, 9.17) is 5.73 Å². The van der Waals surface area contributed by atoms with E-state index in [-0.39, 0.29) is 0 Å². The Kier molecular flexibility index (Phi) is 6.69. The number of hydrogen-bond donors (Lipinski definition) is 2. The molecule has 1 aliphatic carbocycles. The van der Waals surface area contributed by atoms with Gasteiger partial charge in [-0.3, -0.25) is 0 Å². The van der Waals surface area contributed by atoms with Crippen molar-refractivity contribution in [1.82, 2.24) is 5.32 Å². The van der Waals surface area contributed by atoms with E-state index in [1.54, 1.807) is 0 Å². The van der Waals surface area contributed by atoms with Gasteiger partial charge in [-0.1, -0.05) is 31.4 Å². The molecule has 15 heavy (non-hydrogen) atoms. The molecule has 1 atom stereocenters. The minimum absolute atomic E-state index is 0.551. The molecule has 1 saturated carbocycles. The maximum absolute atomic E-state index is 5.84. The Morgan fingerprint density at radius 1 is 1.33 bits per heavy atom. The van der Waals surface area contributed by atoms with Crippen LogP contribution in [0.5, 0.6) is 0 Å². The number of rotatable bonds is 6. The summed E-state index contributed by atoms with van der Waals surface area (Å²) in [5, 5.41) is 3.60. The number of nitrogens with one attached hydrogen (secondary N) is 1. The quantitative estimate of drug-likeness (QED) is 0.522. The summed E-state index contributed by atoms with van der Waals surface area (Å²) in [6.45, 7) is 3.94. The zero-order valence-electron chi connectivity index (χ0n) is 10.0. The zero-order chi connectivity index (χ0) is 10.9. The average molecular weight is 210 g/mol. The molecule has 0 heterocycles. The molecule has 2 heteroatoms. The smallest absolute Gasteiger partial charge is 0.0218 e. The molecule has 88 valence electrons. The lowest BCUT2D eigenvalue weighted by atomic mass is 9.84. The first-order valence-electron chi connectivity index (χ1n) is 6.43. The molecule has 0 radical (unpaired) electrons. The van der Waals surface area contributed by atoms with Gasteiger partial charge in [-0.05, 0) is 38.6 Å². The summed E-state index contributed by atoms with van der Waals surface area (Å²) in [6, 6.07) is 0.551. The van der Waals surface area contributed by atoms with Crippen LogP contribution in [0.4, 0.5) is 0 Å². The highest BCUT2D eigenvalue weighted by atomic mass is 14.9. The largest absolute Gasteiger partial charge is 0.329 e. The SMILES string of the molecule is C/C=C/CCNC(CN)C1CCCCC1. The van der Waals surface area contributed by atoms with Crippen LogP contribution in [0.3, 0.4) is 0 Å². The van der Waals surface area contributed by atoms with Crippen molar-refractivity contribution in [3.05, 3.63) is 12.2 Å². The monoisotopic (exact) mass is 210 g/mol. The number of allylic oxidation sites excluding steroid dienone is 1. The third kappa shape index (κ3) is 4.80. The maximum Gasteiger partial charge on any atom is 0.0218 e. The Hall–Kier alpha value is -0.340. The third-order valence-electron chi connectivity index (χ3n) is 3.43. The fourth-order valence-corrected chi connectivity index (χ4v) is 2.50. The van der Waals surface area contributed by atoms with Crippen molar-refractivity contribution in [2.24, 2.45) is 11.7 Å². The van der Waals surface area contributed by atoms with E-state index in [9.17, 15) is 0 Å². The molecule has 1 rings (SSSR count). The average Bonchev–Trinajstić information content (AvgIpc) is 2.30. The minimum Gasteiger partial charge on any atom is -0.329 e. The molecule has 1 aliphatic rings. The number of nitrogens with two attached hydrogens (primary N) is 1. The lowest BCUT2D eigenvalue weighted by Crippen LogP contribution is -2.43. The van der Waals surface area contributed by atoms with E-state index >= 15 is 0 Å². The van der Waals surface area contributed by atoms with Gasteiger partial charge in [0.2, 0.25) is 0 Å². The van der Waals surface area contributed by atoms with Gasteiger partial charge in [0.05, 0.1) is 0 Å². The first-order chi connectivity index (χ1) is 7.38. The predicted octanol–water partition coefficient (Wildman–Crippen LogP) is 2.45. The van der Waals surface area contributed by atoms with E-state index in [1.807, 2.05) is 0 Å². The van der Waals surface area contributed by atoms with Crippen molar-refractivity contribution in [2.75, 3.05) is 13.1 Å². The summed E-state index contributed by atoms with van der Waals surface area (Å²) in [6.07, 6.45) is 12.4. The molecular weight excluding hydrogens is 184 g/mol. The minimum atomic E-state index is 0.551. The van der Waals surface area contributed by atoms with Gasteiger partial charge in [-0.25, -0.2) is 0 Å². The highest BCUT2D eigenvalue weighted by Gasteiger charge is 2.21. The molecule has 0 aliphatic heterocycles. The van der Waals surface area contributed by atoms with Crippen LogP contribution in [-0.2, 0) is 0 Å². The van der Waals surface area contributed by atoms with E-state index in [1.165, 1.54) is 32.1 Å². The lowest BCUT2D eigenvalue weighted by Gasteiger charge is -2.30. The van der Waals surface area contributed by atoms with Gasteiger partial charge in [0.25, 0.3) is 0 Å². The van der Waals surface area contributed by atoms with Gasteiger partial charge in [0.15, 0.2) is 0 Å². The van der Waals surface area contributed by atoms with Gasteiger partial charge < -0.3 is 11.1 Å². The first-order valence-corrected chi connectivity index (χ1v) is 6.43. The molecule has 1 unspecified atom stereocenters.